The second-order valence-electron chi connectivity index (χ2n) is 6.92. The van der Waals surface area contributed by atoms with Crippen molar-refractivity contribution < 1.29 is 14.3 Å². The summed E-state index contributed by atoms with van der Waals surface area (Å²) in [4.78, 5) is 15.0. The fourth-order valence-electron chi connectivity index (χ4n) is 3.89. The lowest BCUT2D eigenvalue weighted by atomic mass is 10.00. The van der Waals surface area contributed by atoms with Crippen molar-refractivity contribution in [2.24, 2.45) is 0 Å². The molecule has 0 saturated heterocycles. The van der Waals surface area contributed by atoms with E-state index in [0.29, 0.717) is 12.3 Å². The van der Waals surface area contributed by atoms with Gasteiger partial charge in [0.1, 0.15) is 0 Å². The Labute approximate surface area is 163 Å². The molecule has 0 fully saturated rings. The van der Waals surface area contributed by atoms with Crippen LogP contribution in [0.5, 0.6) is 11.5 Å². The predicted molar refractivity (Wildman–Crippen MR) is 106 cm³/mol. The van der Waals surface area contributed by atoms with Crippen LogP contribution in [0.4, 0.5) is 0 Å². The standard InChI is InChI=1S/C23H20N2O3/c26-22(11-9-17-8-10-20-21(15-17)28-16-27-20)25-14-13-24-12-4-7-19(24)23(25)18-5-2-1-3-6-18/h1-12,15,23H,13-14,16H2/b11-9+/t23-/m0/s1. The van der Waals surface area contributed by atoms with E-state index in [1.807, 2.05) is 53.4 Å². The van der Waals surface area contributed by atoms with E-state index in [4.69, 9.17) is 9.47 Å². The van der Waals surface area contributed by atoms with Gasteiger partial charge in [0.05, 0.1) is 6.04 Å². The van der Waals surface area contributed by atoms with E-state index < -0.39 is 0 Å². The predicted octanol–water partition coefficient (Wildman–Crippen LogP) is 3.86. The zero-order chi connectivity index (χ0) is 18.9. The highest BCUT2D eigenvalue weighted by Gasteiger charge is 2.30. The third-order valence-electron chi connectivity index (χ3n) is 5.25. The third kappa shape index (κ3) is 2.95. The van der Waals surface area contributed by atoms with Gasteiger partial charge in [-0.05, 0) is 41.5 Å². The molecule has 2 aromatic carbocycles. The molecule has 2 aliphatic heterocycles. The van der Waals surface area contributed by atoms with Gasteiger partial charge in [0.15, 0.2) is 11.5 Å². The average molecular weight is 372 g/mol. The number of hydrogen-bond acceptors (Lipinski definition) is 3. The number of benzene rings is 2. The smallest absolute Gasteiger partial charge is 0.247 e. The molecule has 0 spiro atoms. The number of carbonyl (C=O) groups is 1. The van der Waals surface area contributed by atoms with Gasteiger partial charge in [-0.25, -0.2) is 0 Å². The van der Waals surface area contributed by atoms with E-state index in [9.17, 15) is 4.79 Å². The second kappa shape index (κ2) is 6.93. The van der Waals surface area contributed by atoms with Crippen LogP contribution < -0.4 is 9.47 Å². The first-order chi connectivity index (χ1) is 13.8. The lowest BCUT2D eigenvalue weighted by Gasteiger charge is -2.36. The first-order valence-corrected chi connectivity index (χ1v) is 9.38. The van der Waals surface area contributed by atoms with Gasteiger partial charge in [0, 0.05) is 31.1 Å². The molecule has 5 nitrogen and oxygen atoms in total. The minimum atomic E-state index is -0.0844. The molecule has 1 aromatic heterocycles. The van der Waals surface area contributed by atoms with Crippen LogP contribution in [0.3, 0.4) is 0 Å². The average Bonchev–Trinajstić information content (AvgIpc) is 3.40. The van der Waals surface area contributed by atoms with Gasteiger partial charge >= 0.3 is 0 Å². The van der Waals surface area contributed by atoms with Crippen LogP contribution >= 0.6 is 0 Å². The van der Waals surface area contributed by atoms with Crippen molar-refractivity contribution in [3.63, 3.8) is 0 Å². The molecule has 0 aliphatic carbocycles. The molecule has 0 saturated carbocycles. The van der Waals surface area contributed by atoms with E-state index in [0.717, 1.165) is 29.1 Å². The minimum Gasteiger partial charge on any atom is -0.454 e. The molecule has 140 valence electrons. The van der Waals surface area contributed by atoms with E-state index in [-0.39, 0.29) is 18.7 Å². The van der Waals surface area contributed by atoms with Crippen LogP contribution in [-0.4, -0.2) is 28.7 Å². The van der Waals surface area contributed by atoms with Crippen molar-refractivity contribution in [2.75, 3.05) is 13.3 Å². The van der Waals surface area contributed by atoms with Crippen LogP contribution in [0.2, 0.25) is 0 Å². The minimum absolute atomic E-state index is 0.000954. The summed E-state index contributed by atoms with van der Waals surface area (Å²) in [6.07, 6.45) is 5.56. The quantitative estimate of drug-likeness (QED) is 0.656. The Kier molecular flexibility index (Phi) is 4.13. The van der Waals surface area contributed by atoms with Crippen LogP contribution in [0, 0.1) is 0 Å². The van der Waals surface area contributed by atoms with E-state index >= 15 is 0 Å². The number of nitrogens with zero attached hydrogens (tertiary/aromatic N) is 2. The van der Waals surface area contributed by atoms with Gasteiger partial charge in [0.2, 0.25) is 12.7 Å². The first-order valence-electron chi connectivity index (χ1n) is 9.38. The lowest BCUT2D eigenvalue weighted by molar-refractivity contribution is -0.128. The number of amides is 1. The highest BCUT2D eigenvalue weighted by Crippen LogP contribution is 2.34. The van der Waals surface area contributed by atoms with Crippen LogP contribution in [0.1, 0.15) is 22.9 Å². The number of rotatable bonds is 3. The molecule has 1 amide bonds. The highest BCUT2D eigenvalue weighted by molar-refractivity contribution is 5.92. The maximum absolute atomic E-state index is 13.1. The maximum atomic E-state index is 13.1. The molecule has 1 atom stereocenters. The summed E-state index contributed by atoms with van der Waals surface area (Å²) >= 11 is 0. The summed E-state index contributed by atoms with van der Waals surface area (Å²) in [5, 5.41) is 0. The summed E-state index contributed by atoms with van der Waals surface area (Å²) < 4.78 is 13.0. The largest absolute Gasteiger partial charge is 0.454 e. The number of aromatic nitrogens is 1. The summed E-state index contributed by atoms with van der Waals surface area (Å²) in [5.74, 6) is 1.45. The summed E-state index contributed by atoms with van der Waals surface area (Å²) in [5.41, 5.74) is 3.17. The van der Waals surface area contributed by atoms with Crippen LogP contribution in [0.25, 0.3) is 6.08 Å². The number of ether oxygens (including phenoxy) is 2. The number of fused-ring (bicyclic) bond motifs is 2. The molecule has 3 aromatic rings. The van der Waals surface area contributed by atoms with Gasteiger partial charge < -0.3 is 18.9 Å². The molecular formula is C23H20N2O3. The summed E-state index contributed by atoms with van der Waals surface area (Å²) in [6.45, 7) is 1.72. The number of carbonyl (C=O) groups excluding carboxylic acids is 1. The lowest BCUT2D eigenvalue weighted by Crippen LogP contribution is -2.41. The van der Waals surface area contributed by atoms with Crippen molar-refractivity contribution >= 4 is 12.0 Å². The van der Waals surface area contributed by atoms with Gasteiger partial charge in [-0.15, -0.1) is 0 Å². The topological polar surface area (TPSA) is 43.7 Å². The fourth-order valence-corrected chi connectivity index (χ4v) is 3.89. The van der Waals surface area contributed by atoms with E-state index in [1.54, 1.807) is 6.08 Å². The van der Waals surface area contributed by atoms with E-state index in [1.165, 1.54) is 0 Å². The third-order valence-corrected chi connectivity index (χ3v) is 5.25. The molecule has 3 heterocycles. The molecule has 2 aliphatic rings. The summed E-state index contributed by atoms with van der Waals surface area (Å²) in [6, 6.07) is 19.9. The van der Waals surface area contributed by atoms with Gasteiger partial charge in [-0.2, -0.15) is 0 Å². The fraction of sp³-hybridized carbons (Fsp3) is 0.174. The molecule has 0 unspecified atom stereocenters. The summed E-state index contributed by atoms with van der Waals surface area (Å²) in [7, 11) is 0. The Morgan fingerprint density at radius 3 is 2.71 bits per heavy atom. The molecular weight excluding hydrogens is 352 g/mol. The second-order valence-corrected chi connectivity index (χ2v) is 6.92. The Bertz CT molecular complexity index is 1040. The Morgan fingerprint density at radius 2 is 1.82 bits per heavy atom. The Hall–Kier alpha value is -3.47. The molecule has 5 heteroatoms. The molecule has 0 N–H and O–H groups in total. The molecule has 0 radical (unpaired) electrons. The molecule has 0 bridgehead atoms. The monoisotopic (exact) mass is 372 g/mol. The van der Waals surface area contributed by atoms with Gasteiger partial charge in [0.25, 0.3) is 0 Å². The Balaban J connectivity index is 1.43. The zero-order valence-corrected chi connectivity index (χ0v) is 15.3. The normalized spacial score (nSPS) is 17.7. The highest BCUT2D eigenvalue weighted by atomic mass is 16.7. The van der Waals surface area contributed by atoms with Gasteiger partial charge in [-0.1, -0.05) is 36.4 Å². The van der Waals surface area contributed by atoms with Crippen molar-refractivity contribution in [3.05, 3.63) is 89.8 Å². The molecule has 28 heavy (non-hydrogen) atoms. The van der Waals surface area contributed by atoms with Crippen molar-refractivity contribution in [2.45, 2.75) is 12.6 Å². The van der Waals surface area contributed by atoms with Crippen molar-refractivity contribution in [3.8, 4) is 11.5 Å². The van der Waals surface area contributed by atoms with Crippen molar-refractivity contribution in [1.29, 1.82) is 0 Å². The zero-order valence-electron chi connectivity index (χ0n) is 15.3. The van der Waals surface area contributed by atoms with E-state index in [2.05, 4.69) is 29.0 Å². The first kappa shape index (κ1) is 16.7. The van der Waals surface area contributed by atoms with Gasteiger partial charge in [-0.3, -0.25) is 4.79 Å². The number of hydrogen-bond donors (Lipinski definition) is 0. The van der Waals surface area contributed by atoms with Crippen LogP contribution in [-0.2, 0) is 11.3 Å². The SMILES string of the molecule is O=C(/C=C/c1ccc2c(c1)OCO2)N1CCn2cccc2[C@@H]1c1ccccc1. The Morgan fingerprint density at radius 1 is 0.964 bits per heavy atom. The van der Waals surface area contributed by atoms with Crippen molar-refractivity contribution in [1.82, 2.24) is 9.47 Å². The molecule has 5 rings (SSSR count). The van der Waals surface area contributed by atoms with Crippen LogP contribution in [0.15, 0.2) is 72.9 Å². The maximum Gasteiger partial charge on any atom is 0.247 e.